The number of nitrogens with one attached hydrogen (secondary N) is 1. The lowest BCUT2D eigenvalue weighted by Gasteiger charge is -2.43. The number of hydrogen-bond acceptors (Lipinski definition) is 1. The Morgan fingerprint density at radius 1 is 0.260 bits per heavy atom. The third-order valence-electron chi connectivity index (χ3n) is 10.2. The first kappa shape index (κ1) is 29.7. The molecule has 1 aliphatic rings. The van der Waals surface area contributed by atoms with Crippen LogP contribution in [-0.4, -0.2) is 0 Å². The highest BCUT2D eigenvalue weighted by atomic mass is 14.9. The second-order valence-electron chi connectivity index (χ2n) is 13.0. The van der Waals surface area contributed by atoms with E-state index in [1.807, 2.05) is 0 Å². The summed E-state index contributed by atoms with van der Waals surface area (Å²) < 4.78 is 0. The maximum Gasteiger partial charge on any atom is 0.0742 e. The molecule has 0 atom stereocenters. The molecule has 50 heavy (non-hydrogen) atoms. The van der Waals surface area contributed by atoms with E-state index in [-0.39, 0.29) is 0 Å². The zero-order valence-corrected chi connectivity index (χ0v) is 27.6. The highest BCUT2D eigenvalue weighted by Gasteiger charge is 2.44. The SMILES string of the molecule is c1ccc(-c2ccc(-c3ccc4c(c3)C(c3ccccc3)(c3ccccc3)c3cc(-c5ccc(-c6ccccc6)cc5)ccc3N4)cc2)cc1. The molecule has 0 fully saturated rings. The molecular formula is C49H35N. The Morgan fingerprint density at radius 3 is 0.900 bits per heavy atom. The van der Waals surface area contributed by atoms with Crippen LogP contribution in [0.1, 0.15) is 22.3 Å². The van der Waals surface area contributed by atoms with Crippen LogP contribution >= 0.6 is 0 Å². The first-order valence-electron chi connectivity index (χ1n) is 17.3. The zero-order valence-electron chi connectivity index (χ0n) is 27.6. The lowest BCUT2D eigenvalue weighted by molar-refractivity contribution is 0.741. The molecule has 0 spiro atoms. The van der Waals surface area contributed by atoms with E-state index in [9.17, 15) is 0 Å². The Labute approximate surface area is 294 Å². The highest BCUT2D eigenvalue weighted by Crippen LogP contribution is 2.55. The van der Waals surface area contributed by atoms with Gasteiger partial charge in [-0.15, -0.1) is 0 Å². The van der Waals surface area contributed by atoms with Crippen molar-refractivity contribution in [3.05, 3.63) is 229 Å². The Bertz CT molecular complexity index is 2220. The summed E-state index contributed by atoms with van der Waals surface area (Å²) in [6.45, 7) is 0. The van der Waals surface area contributed by atoms with Gasteiger partial charge in [0.2, 0.25) is 0 Å². The largest absolute Gasteiger partial charge is 0.355 e. The van der Waals surface area contributed by atoms with E-state index < -0.39 is 5.41 Å². The predicted octanol–water partition coefficient (Wildman–Crippen LogP) is 12.8. The van der Waals surface area contributed by atoms with Crippen molar-refractivity contribution in [2.45, 2.75) is 5.41 Å². The van der Waals surface area contributed by atoms with Gasteiger partial charge >= 0.3 is 0 Å². The van der Waals surface area contributed by atoms with E-state index in [1.165, 1.54) is 66.8 Å². The van der Waals surface area contributed by atoms with Gasteiger partial charge in [-0.1, -0.05) is 182 Å². The van der Waals surface area contributed by atoms with Crippen LogP contribution in [0.2, 0.25) is 0 Å². The molecule has 1 N–H and O–H groups in total. The zero-order chi connectivity index (χ0) is 33.3. The molecule has 0 aromatic heterocycles. The van der Waals surface area contributed by atoms with Crippen LogP contribution < -0.4 is 5.32 Å². The van der Waals surface area contributed by atoms with Gasteiger partial charge in [0.1, 0.15) is 0 Å². The van der Waals surface area contributed by atoms with E-state index in [4.69, 9.17) is 0 Å². The van der Waals surface area contributed by atoms with Crippen LogP contribution in [0.15, 0.2) is 206 Å². The van der Waals surface area contributed by atoms with Crippen LogP contribution in [0, 0.1) is 0 Å². The van der Waals surface area contributed by atoms with Crippen LogP contribution in [-0.2, 0) is 5.41 Å². The van der Waals surface area contributed by atoms with Gasteiger partial charge in [0.05, 0.1) is 5.41 Å². The fourth-order valence-corrected chi connectivity index (χ4v) is 7.71. The molecule has 1 heterocycles. The highest BCUT2D eigenvalue weighted by molar-refractivity contribution is 5.86. The van der Waals surface area contributed by atoms with Crippen LogP contribution in [0.5, 0.6) is 0 Å². The summed E-state index contributed by atoms with van der Waals surface area (Å²) in [5, 5.41) is 3.85. The normalized spacial score (nSPS) is 12.7. The van der Waals surface area contributed by atoms with Crippen molar-refractivity contribution < 1.29 is 0 Å². The van der Waals surface area contributed by atoms with E-state index in [2.05, 4.69) is 212 Å². The van der Waals surface area contributed by atoms with Crippen molar-refractivity contribution >= 4 is 11.4 Å². The van der Waals surface area contributed by atoms with Crippen molar-refractivity contribution in [2.24, 2.45) is 0 Å². The van der Waals surface area contributed by atoms with Gasteiger partial charge in [-0.2, -0.15) is 0 Å². The number of anilines is 2. The number of fused-ring (bicyclic) bond motifs is 2. The van der Waals surface area contributed by atoms with Gasteiger partial charge in [-0.3, -0.25) is 0 Å². The predicted molar refractivity (Wildman–Crippen MR) is 210 cm³/mol. The van der Waals surface area contributed by atoms with Gasteiger partial charge < -0.3 is 5.32 Å². The number of benzene rings is 8. The Balaban J connectivity index is 1.23. The minimum Gasteiger partial charge on any atom is -0.355 e. The second-order valence-corrected chi connectivity index (χ2v) is 13.0. The summed E-state index contributed by atoms with van der Waals surface area (Å²) in [4.78, 5) is 0. The van der Waals surface area contributed by atoms with Gasteiger partial charge in [-0.05, 0) is 91.0 Å². The Morgan fingerprint density at radius 2 is 0.540 bits per heavy atom. The lowest BCUT2D eigenvalue weighted by atomic mass is 9.62. The summed E-state index contributed by atoms with van der Waals surface area (Å²) in [5.74, 6) is 0. The summed E-state index contributed by atoms with van der Waals surface area (Å²) in [7, 11) is 0. The molecular weight excluding hydrogens is 603 g/mol. The summed E-state index contributed by atoms with van der Waals surface area (Å²) in [5.41, 5.74) is 16.3. The summed E-state index contributed by atoms with van der Waals surface area (Å²) in [6.07, 6.45) is 0. The van der Waals surface area contributed by atoms with Gasteiger partial charge in [0.15, 0.2) is 0 Å². The van der Waals surface area contributed by atoms with E-state index in [0.717, 1.165) is 11.4 Å². The van der Waals surface area contributed by atoms with Gasteiger partial charge in [0, 0.05) is 11.4 Å². The molecule has 236 valence electrons. The molecule has 0 amide bonds. The van der Waals surface area contributed by atoms with E-state index >= 15 is 0 Å². The monoisotopic (exact) mass is 637 g/mol. The maximum absolute atomic E-state index is 3.85. The Hall–Kier alpha value is -6.44. The van der Waals surface area contributed by atoms with Crippen molar-refractivity contribution in [1.82, 2.24) is 0 Å². The van der Waals surface area contributed by atoms with Crippen molar-refractivity contribution in [3.63, 3.8) is 0 Å². The van der Waals surface area contributed by atoms with Crippen LogP contribution in [0.4, 0.5) is 11.4 Å². The van der Waals surface area contributed by atoms with Gasteiger partial charge in [0.25, 0.3) is 0 Å². The quantitative estimate of drug-likeness (QED) is 0.191. The number of rotatable bonds is 6. The maximum atomic E-state index is 3.85. The van der Waals surface area contributed by atoms with Crippen molar-refractivity contribution in [2.75, 3.05) is 5.32 Å². The van der Waals surface area contributed by atoms with Crippen LogP contribution in [0.25, 0.3) is 44.5 Å². The molecule has 0 saturated carbocycles. The topological polar surface area (TPSA) is 12.0 Å². The molecule has 0 unspecified atom stereocenters. The standard InChI is InChI=1S/C49H35N/c1-5-13-35(14-6-1)37-21-25-39(26-22-37)41-29-31-47-45(33-41)49(43-17-9-3-10-18-43,44-19-11-4-12-20-44)46-34-42(30-32-48(46)50-47)40-27-23-38(24-28-40)36-15-7-2-8-16-36/h1-34,50H. The van der Waals surface area contributed by atoms with E-state index in [0.29, 0.717) is 0 Å². The second kappa shape index (κ2) is 12.5. The fourth-order valence-electron chi connectivity index (χ4n) is 7.71. The molecule has 9 rings (SSSR count). The molecule has 0 saturated heterocycles. The molecule has 0 aliphatic carbocycles. The lowest BCUT2D eigenvalue weighted by Crippen LogP contribution is -2.35. The smallest absolute Gasteiger partial charge is 0.0742 e. The summed E-state index contributed by atoms with van der Waals surface area (Å²) in [6, 6.07) is 74.9. The van der Waals surface area contributed by atoms with Gasteiger partial charge in [-0.25, -0.2) is 0 Å². The molecule has 1 aliphatic heterocycles. The molecule has 1 nitrogen and oxygen atoms in total. The minimum absolute atomic E-state index is 0.557. The average molecular weight is 638 g/mol. The summed E-state index contributed by atoms with van der Waals surface area (Å²) >= 11 is 0. The third-order valence-corrected chi connectivity index (χ3v) is 10.2. The molecule has 0 bridgehead atoms. The average Bonchev–Trinajstić information content (AvgIpc) is 3.21. The fraction of sp³-hybridized carbons (Fsp3) is 0.0204. The Kier molecular flexibility index (Phi) is 7.44. The number of hydrogen-bond donors (Lipinski definition) is 1. The first-order valence-corrected chi connectivity index (χ1v) is 17.3. The van der Waals surface area contributed by atoms with E-state index in [1.54, 1.807) is 0 Å². The minimum atomic E-state index is -0.557. The molecule has 1 heteroatoms. The molecule has 8 aromatic rings. The van der Waals surface area contributed by atoms with Crippen molar-refractivity contribution in [1.29, 1.82) is 0 Å². The third kappa shape index (κ3) is 5.12. The van der Waals surface area contributed by atoms with Crippen LogP contribution in [0.3, 0.4) is 0 Å². The first-order chi connectivity index (χ1) is 24.8. The molecule has 0 radical (unpaired) electrons. The molecule has 8 aromatic carbocycles. The van der Waals surface area contributed by atoms with Crippen molar-refractivity contribution in [3.8, 4) is 44.5 Å².